The average molecular weight is 1210 g/mol. The standard InChI is InChI=1S/C65H112O16P2/c1-4-7-10-13-16-19-22-24-26-28-29-31-33-34-37-39-42-45-48-51-63(68)75-54-60(66)55-77-82(71,72)78-56-61(67)57-79-83(73,74)80-59-62(81-65(70)53-50-47-44-41-36-21-18-15-12-9-6-3)58-76-64(69)52-49-46-43-40-38-35-32-30-27-25-23-20-17-14-11-8-5-2/h7-8,10-11,15-20,24-27,29,31,60-62,66-67H,4-6,9,12-14,21-23,28,30,32-59H2,1-3H3,(H,71,72)(H,73,74)/b10-7-,11-8-,18-15-,19-16-,20-17-,26-24-,27-25-,31-29-. The molecule has 0 aromatic rings. The van der Waals surface area contributed by atoms with Crippen molar-refractivity contribution in [3.63, 3.8) is 0 Å². The van der Waals surface area contributed by atoms with Gasteiger partial charge in [0.2, 0.25) is 0 Å². The van der Waals surface area contributed by atoms with Gasteiger partial charge in [-0.15, -0.1) is 0 Å². The number of hydrogen-bond acceptors (Lipinski definition) is 14. The lowest BCUT2D eigenvalue weighted by Gasteiger charge is -2.21. The smallest absolute Gasteiger partial charge is 0.463 e. The number of aliphatic hydroxyl groups excluding tert-OH is 2. The Hall–Kier alpha value is -3.53. The first kappa shape index (κ1) is 79.5. The van der Waals surface area contributed by atoms with Crippen LogP contribution in [0.15, 0.2) is 97.2 Å². The van der Waals surface area contributed by atoms with Gasteiger partial charge in [-0.1, -0.05) is 208 Å². The fourth-order valence-electron chi connectivity index (χ4n) is 7.97. The molecule has 18 heteroatoms. The molecule has 4 N–H and O–H groups in total. The van der Waals surface area contributed by atoms with Gasteiger partial charge in [-0.2, -0.15) is 0 Å². The van der Waals surface area contributed by atoms with E-state index in [1.165, 1.54) is 12.8 Å². The summed E-state index contributed by atoms with van der Waals surface area (Å²) in [6.07, 6.45) is 61.9. The molecule has 0 rings (SSSR count). The quantitative estimate of drug-likeness (QED) is 0.0146. The normalized spacial score (nSPS) is 15.0. The van der Waals surface area contributed by atoms with Gasteiger partial charge < -0.3 is 34.2 Å². The topological polar surface area (TPSA) is 231 Å². The Labute approximate surface area is 501 Å². The van der Waals surface area contributed by atoms with Gasteiger partial charge in [0.15, 0.2) is 6.10 Å². The van der Waals surface area contributed by atoms with Crippen molar-refractivity contribution in [2.75, 3.05) is 39.6 Å². The molecule has 5 unspecified atom stereocenters. The van der Waals surface area contributed by atoms with Gasteiger partial charge in [-0.3, -0.25) is 32.5 Å². The second-order valence-corrected chi connectivity index (χ2v) is 23.7. The van der Waals surface area contributed by atoms with Gasteiger partial charge in [0, 0.05) is 19.3 Å². The molecule has 0 amide bonds. The molecule has 0 bridgehead atoms. The third kappa shape index (κ3) is 60.0. The first-order valence-corrected chi connectivity index (χ1v) is 34.5. The summed E-state index contributed by atoms with van der Waals surface area (Å²) in [5, 5.41) is 20.5. The monoisotopic (exact) mass is 1210 g/mol. The average Bonchev–Trinajstić information content (AvgIpc) is 3.47. The molecule has 0 spiro atoms. The van der Waals surface area contributed by atoms with Crippen LogP contribution in [0.4, 0.5) is 0 Å². The van der Waals surface area contributed by atoms with Crippen molar-refractivity contribution in [1.82, 2.24) is 0 Å². The minimum atomic E-state index is -4.92. The van der Waals surface area contributed by atoms with E-state index in [2.05, 4.69) is 118 Å². The van der Waals surface area contributed by atoms with Crippen LogP contribution in [0.3, 0.4) is 0 Å². The Kier molecular flexibility index (Phi) is 56.3. The second-order valence-electron chi connectivity index (χ2n) is 20.8. The first-order valence-electron chi connectivity index (χ1n) is 31.5. The van der Waals surface area contributed by atoms with Crippen molar-refractivity contribution in [3.8, 4) is 0 Å². The Morgan fingerprint density at radius 3 is 1.02 bits per heavy atom. The molecule has 83 heavy (non-hydrogen) atoms. The minimum absolute atomic E-state index is 0.0905. The number of phosphoric ester groups is 2. The molecule has 0 heterocycles. The highest BCUT2D eigenvalue weighted by atomic mass is 31.2. The molecular formula is C65H112O16P2. The molecule has 5 atom stereocenters. The molecule has 0 fully saturated rings. The molecule has 0 radical (unpaired) electrons. The Morgan fingerprint density at radius 2 is 0.639 bits per heavy atom. The Bertz CT molecular complexity index is 1910. The van der Waals surface area contributed by atoms with E-state index in [1.54, 1.807) is 0 Å². The highest BCUT2D eigenvalue weighted by Gasteiger charge is 2.29. The zero-order valence-electron chi connectivity index (χ0n) is 51.3. The van der Waals surface area contributed by atoms with Crippen LogP contribution in [0.1, 0.15) is 239 Å². The largest absolute Gasteiger partial charge is 0.472 e. The number of phosphoric acid groups is 2. The number of ether oxygens (including phenoxy) is 3. The van der Waals surface area contributed by atoms with Crippen molar-refractivity contribution < 1.29 is 75.8 Å². The van der Waals surface area contributed by atoms with E-state index in [0.717, 1.165) is 167 Å². The lowest BCUT2D eigenvalue weighted by Crippen LogP contribution is -2.30. The third-order valence-electron chi connectivity index (χ3n) is 12.8. The molecule has 0 aliphatic carbocycles. The van der Waals surface area contributed by atoms with E-state index >= 15 is 0 Å². The maximum Gasteiger partial charge on any atom is 0.472 e. The summed E-state index contributed by atoms with van der Waals surface area (Å²) in [6, 6.07) is 0. The SMILES string of the molecule is CC/C=C\C/C=C\C/C=C\C/C=C\CCCCCCCCC(=O)OCC(O)COP(=O)(O)OCC(O)COP(=O)(O)OCC(COC(=O)CCCCCCCCC/C=C\C/C=C\C/C=C\CC)OC(=O)CCCCCCC/C=C\CCCC. The zero-order valence-corrected chi connectivity index (χ0v) is 53.1. The van der Waals surface area contributed by atoms with E-state index in [9.17, 15) is 43.5 Å². The number of carbonyl (C=O) groups is 3. The van der Waals surface area contributed by atoms with Crippen molar-refractivity contribution in [2.24, 2.45) is 0 Å². The molecular weight excluding hydrogens is 1100 g/mol. The maximum absolute atomic E-state index is 12.8. The fraction of sp³-hybridized carbons (Fsp3) is 0.708. The highest BCUT2D eigenvalue weighted by molar-refractivity contribution is 7.47. The van der Waals surface area contributed by atoms with E-state index in [1.807, 2.05) is 0 Å². The van der Waals surface area contributed by atoms with E-state index in [4.69, 9.17) is 32.3 Å². The second kappa shape index (κ2) is 58.8. The van der Waals surface area contributed by atoms with Crippen molar-refractivity contribution >= 4 is 33.6 Å². The van der Waals surface area contributed by atoms with E-state index in [0.29, 0.717) is 19.3 Å². The van der Waals surface area contributed by atoms with Gasteiger partial charge in [0.1, 0.15) is 25.4 Å². The molecule has 478 valence electrons. The van der Waals surface area contributed by atoms with Crippen LogP contribution >= 0.6 is 15.6 Å². The van der Waals surface area contributed by atoms with Crippen LogP contribution in [0.25, 0.3) is 0 Å². The summed E-state index contributed by atoms with van der Waals surface area (Å²) in [5.74, 6) is -1.61. The van der Waals surface area contributed by atoms with Crippen LogP contribution < -0.4 is 0 Å². The maximum atomic E-state index is 12.8. The summed E-state index contributed by atoms with van der Waals surface area (Å²) >= 11 is 0. The van der Waals surface area contributed by atoms with Gasteiger partial charge >= 0.3 is 33.6 Å². The predicted octanol–water partition coefficient (Wildman–Crippen LogP) is 16.7. The Morgan fingerprint density at radius 1 is 0.349 bits per heavy atom. The summed E-state index contributed by atoms with van der Waals surface area (Å²) in [6.45, 7) is 2.34. The summed E-state index contributed by atoms with van der Waals surface area (Å²) in [5.41, 5.74) is 0. The summed E-state index contributed by atoms with van der Waals surface area (Å²) < 4.78 is 60.7. The van der Waals surface area contributed by atoms with Crippen LogP contribution in [0.5, 0.6) is 0 Å². The number of carbonyl (C=O) groups excluding carboxylic acids is 3. The van der Waals surface area contributed by atoms with Crippen LogP contribution in [0, 0.1) is 0 Å². The fourth-order valence-corrected chi connectivity index (χ4v) is 9.55. The van der Waals surface area contributed by atoms with Gasteiger partial charge in [-0.05, 0) is 109 Å². The van der Waals surface area contributed by atoms with Crippen molar-refractivity contribution in [1.29, 1.82) is 0 Å². The zero-order chi connectivity index (χ0) is 61.0. The van der Waals surface area contributed by atoms with Gasteiger partial charge in [-0.25, -0.2) is 9.13 Å². The first-order chi connectivity index (χ1) is 40.2. The summed E-state index contributed by atoms with van der Waals surface area (Å²) in [4.78, 5) is 58.1. The van der Waals surface area contributed by atoms with Gasteiger partial charge in [0.25, 0.3) is 0 Å². The number of rotatable bonds is 59. The third-order valence-corrected chi connectivity index (χ3v) is 14.7. The molecule has 0 saturated heterocycles. The number of allylic oxidation sites excluding steroid dienone is 16. The predicted molar refractivity (Wildman–Crippen MR) is 334 cm³/mol. The molecule has 0 aliphatic heterocycles. The number of unbranched alkanes of at least 4 members (excludes halogenated alkanes) is 20. The van der Waals surface area contributed by atoms with E-state index in [-0.39, 0.29) is 19.3 Å². The molecule has 16 nitrogen and oxygen atoms in total. The van der Waals surface area contributed by atoms with Crippen LogP contribution in [0.2, 0.25) is 0 Å². The lowest BCUT2D eigenvalue weighted by atomic mass is 10.1. The van der Waals surface area contributed by atoms with Crippen LogP contribution in [-0.2, 0) is 55.8 Å². The highest BCUT2D eigenvalue weighted by Crippen LogP contribution is 2.45. The lowest BCUT2D eigenvalue weighted by molar-refractivity contribution is -0.161. The van der Waals surface area contributed by atoms with Crippen molar-refractivity contribution in [3.05, 3.63) is 97.2 Å². The van der Waals surface area contributed by atoms with Crippen molar-refractivity contribution in [2.45, 2.75) is 257 Å². The number of esters is 3. The number of hydrogen-bond donors (Lipinski definition) is 4. The van der Waals surface area contributed by atoms with E-state index < -0.39 is 91.5 Å². The Balaban J connectivity index is 4.63. The number of aliphatic hydroxyl groups is 2. The molecule has 0 aliphatic rings. The van der Waals surface area contributed by atoms with Gasteiger partial charge in [0.05, 0.1) is 26.4 Å². The molecule has 0 aromatic heterocycles. The summed E-state index contributed by atoms with van der Waals surface area (Å²) in [7, 11) is -9.77. The molecule has 0 aromatic carbocycles. The molecule has 0 saturated carbocycles. The van der Waals surface area contributed by atoms with Crippen LogP contribution in [-0.4, -0.2) is 95.9 Å². The minimum Gasteiger partial charge on any atom is -0.463 e.